The number of nitrogens with zero attached hydrogens (tertiary/aromatic N) is 1. The van der Waals surface area contributed by atoms with Crippen LogP contribution in [0.5, 0.6) is 0 Å². The summed E-state index contributed by atoms with van der Waals surface area (Å²) in [6, 6.07) is 0.311. The van der Waals surface area contributed by atoms with Crippen molar-refractivity contribution < 1.29 is 0 Å². The molecule has 64 valence electrons. The van der Waals surface area contributed by atoms with E-state index in [9.17, 15) is 0 Å². The quantitative estimate of drug-likeness (QED) is 0.569. The van der Waals surface area contributed by atoms with E-state index >= 15 is 0 Å². The second kappa shape index (κ2) is 3.69. The van der Waals surface area contributed by atoms with Crippen molar-refractivity contribution >= 4 is 40.6 Å². The van der Waals surface area contributed by atoms with E-state index in [0.29, 0.717) is 12.0 Å². The Morgan fingerprint density at radius 1 is 1.46 bits per heavy atom. The zero-order chi connectivity index (χ0) is 9.42. The number of allylic oxidation sites excluding steroid dienone is 3. The van der Waals surface area contributed by atoms with Crippen molar-refractivity contribution in [2.24, 2.45) is 10.9 Å². The minimum atomic E-state index is 0.311. The molecular formula is C10H9ClNTl. The Morgan fingerprint density at radius 3 is 3.00 bits per heavy atom. The average Bonchev–Trinajstić information content (AvgIpc) is 2.08. The topological polar surface area (TPSA) is 12.4 Å². The molecular weight excluding hydrogens is 374 g/mol. The van der Waals surface area contributed by atoms with E-state index in [1.165, 1.54) is 8.84 Å². The molecule has 0 aromatic rings. The Kier molecular flexibility index (Phi) is 2.74. The zero-order valence-corrected chi connectivity index (χ0v) is 12.6. The molecule has 1 nitrogen and oxygen atoms in total. The fourth-order valence-corrected chi connectivity index (χ4v) is 2.83. The fraction of sp³-hybridized carbons (Fsp3) is 0.300. The second-order valence-corrected chi connectivity index (χ2v) is 5.91. The van der Waals surface area contributed by atoms with Crippen LogP contribution < -0.4 is 0 Å². The Labute approximate surface area is 98.9 Å². The van der Waals surface area contributed by atoms with E-state index in [0.717, 1.165) is 30.8 Å². The van der Waals surface area contributed by atoms with Crippen LogP contribution in [0.3, 0.4) is 0 Å². The Bertz CT molecular complexity index is 352. The molecule has 0 saturated heterocycles. The molecule has 0 amide bonds. The Balaban J connectivity index is 2.34. The van der Waals surface area contributed by atoms with Gasteiger partial charge in [0, 0.05) is 0 Å². The van der Waals surface area contributed by atoms with Gasteiger partial charge in [0.1, 0.15) is 0 Å². The molecule has 0 bridgehead atoms. The summed E-state index contributed by atoms with van der Waals surface area (Å²) in [7, 11) is 0. The molecule has 0 radical (unpaired) electrons. The van der Waals surface area contributed by atoms with Gasteiger partial charge in [-0.3, -0.25) is 0 Å². The molecule has 13 heavy (non-hydrogen) atoms. The molecule has 2 unspecified atom stereocenters. The van der Waals surface area contributed by atoms with Gasteiger partial charge in [0.25, 0.3) is 0 Å². The van der Waals surface area contributed by atoms with Crippen LogP contribution >= 0.6 is 11.6 Å². The molecule has 0 aromatic carbocycles. The molecule has 1 aliphatic carbocycles. The maximum atomic E-state index is 5.93. The van der Waals surface area contributed by atoms with Gasteiger partial charge in [-0.2, -0.15) is 0 Å². The molecule has 2 atom stereocenters. The van der Waals surface area contributed by atoms with Gasteiger partial charge in [0.05, 0.1) is 0 Å². The summed E-state index contributed by atoms with van der Waals surface area (Å²) in [6.07, 6.45) is 8.40. The number of hydrogen-bond donors (Lipinski definition) is 0. The first kappa shape index (κ1) is 9.65. The number of rotatable bonds is 0. The molecule has 1 heterocycles. The number of fused-ring (bicyclic) bond motifs is 1. The van der Waals surface area contributed by atoms with Gasteiger partial charge in [-0.25, -0.2) is 0 Å². The average molecular weight is 383 g/mol. The van der Waals surface area contributed by atoms with Crippen LogP contribution in [0.4, 0.5) is 0 Å². The number of hydrogen-bond acceptors (Lipinski definition) is 1. The van der Waals surface area contributed by atoms with E-state index in [4.69, 9.17) is 11.6 Å². The van der Waals surface area contributed by atoms with Crippen molar-refractivity contribution in [2.45, 2.75) is 13.0 Å². The summed E-state index contributed by atoms with van der Waals surface area (Å²) in [5.74, 6) is 0.389. The van der Waals surface area contributed by atoms with Gasteiger partial charge in [0.2, 0.25) is 0 Å². The third kappa shape index (κ3) is 1.96. The number of dihydropyridines is 1. The van der Waals surface area contributed by atoms with Gasteiger partial charge in [-0.05, 0) is 0 Å². The van der Waals surface area contributed by atoms with Crippen LogP contribution in [0, 0.1) is 5.92 Å². The first-order chi connectivity index (χ1) is 6.16. The van der Waals surface area contributed by atoms with Gasteiger partial charge in [0.15, 0.2) is 0 Å². The summed E-state index contributed by atoms with van der Waals surface area (Å²) in [5, 5.41) is 0.833. The summed E-state index contributed by atoms with van der Waals surface area (Å²) >= 11 is 6.76. The third-order valence-corrected chi connectivity index (χ3v) is 4.93. The molecule has 0 N–H and O–H groups in total. The maximum absolute atomic E-state index is 5.93. The summed E-state index contributed by atoms with van der Waals surface area (Å²) in [5.41, 5.74) is 1.34. The van der Waals surface area contributed by atoms with E-state index < -0.39 is 0 Å². The van der Waals surface area contributed by atoms with Crippen LogP contribution in [0.2, 0.25) is 0 Å². The van der Waals surface area contributed by atoms with Gasteiger partial charge in [-0.15, -0.1) is 0 Å². The van der Waals surface area contributed by atoms with Gasteiger partial charge in [-0.1, -0.05) is 0 Å². The number of aliphatic imine (C=N–C) groups is 1. The molecule has 0 spiro atoms. The van der Waals surface area contributed by atoms with Crippen molar-refractivity contribution in [3.8, 4) is 0 Å². The van der Waals surface area contributed by atoms with E-state index in [2.05, 4.69) is 30.1 Å². The SMILES string of the molecule is CC1=CC2C=C(Cl)C=CC2N=[C]1[Tl]. The van der Waals surface area contributed by atoms with Crippen LogP contribution in [0.15, 0.2) is 39.9 Å². The first-order valence-electron chi connectivity index (χ1n) is 4.24. The molecule has 2 aliphatic rings. The molecule has 0 fully saturated rings. The second-order valence-electron chi connectivity index (χ2n) is 3.34. The molecule has 3 heteroatoms. The molecule has 0 aromatic heterocycles. The van der Waals surface area contributed by atoms with Gasteiger partial charge < -0.3 is 0 Å². The normalized spacial score (nSPS) is 31.6. The third-order valence-electron chi connectivity index (χ3n) is 2.33. The zero-order valence-electron chi connectivity index (χ0n) is 7.37. The fourth-order valence-electron chi connectivity index (χ4n) is 1.57. The van der Waals surface area contributed by atoms with E-state index in [-0.39, 0.29) is 0 Å². The van der Waals surface area contributed by atoms with Crippen LogP contribution in [0.25, 0.3) is 0 Å². The van der Waals surface area contributed by atoms with Crippen molar-refractivity contribution in [3.05, 3.63) is 34.9 Å². The Morgan fingerprint density at radius 2 is 2.23 bits per heavy atom. The summed E-state index contributed by atoms with van der Waals surface area (Å²) < 4.78 is 1.30. The summed E-state index contributed by atoms with van der Waals surface area (Å²) in [4.78, 5) is 4.65. The van der Waals surface area contributed by atoms with Crippen LogP contribution in [-0.2, 0) is 0 Å². The standard InChI is InChI=1S/C10H9ClN.Tl/c1-7-4-8-5-9(11)2-3-10(8)12-6-7;/h2-5,8,10H,1H3;. The molecule has 0 saturated carbocycles. The first-order valence-corrected chi connectivity index (χ1v) is 6.86. The predicted molar refractivity (Wildman–Crippen MR) is 57.3 cm³/mol. The summed E-state index contributed by atoms with van der Waals surface area (Å²) in [6.45, 7) is 2.13. The Hall–Kier alpha value is 0.102. The van der Waals surface area contributed by atoms with E-state index in [1.54, 1.807) is 0 Å². The predicted octanol–water partition coefficient (Wildman–Crippen LogP) is 2.19. The monoisotopic (exact) mass is 383 g/mol. The van der Waals surface area contributed by atoms with Crippen molar-refractivity contribution in [1.29, 1.82) is 0 Å². The van der Waals surface area contributed by atoms with E-state index in [1.807, 2.05) is 6.08 Å². The molecule has 1 aliphatic heterocycles. The number of halogens is 1. The van der Waals surface area contributed by atoms with Crippen molar-refractivity contribution in [1.82, 2.24) is 0 Å². The molecule has 2 rings (SSSR count). The minimum absolute atomic E-state index is 0.311. The van der Waals surface area contributed by atoms with Crippen molar-refractivity contribution in [3.63, 3.8) is 0 Å². The van der Waals surface area contributed by atoms with Crippen LogP contribution in [-0.4, -0.2) is 35.1 Å². The van der Waals surface area contributed by atoms with Crippen molar-refractivity contribution in [2.75, 3.05) is 0 Å². The van der Waals surface area contributed by atoms with Crippen LogP contribution in [0.1, 0.15) is 6.92 Å². The van der Waals surface area contributed by atoms with Gasteiger partial charge >= 0.3 is 99.4 Å².